The molecule has 0 amide bonds. The van der Waals surface area contributed by atoms with Crippen LogP contribution in [0.3, 0.4) is 0 Å². The second-order valence-electron chi connectivity index (χ2n) is 2.89. The van der Waals surface area contributed by atoms with Gasteiger partial charge in [-0.05, 0) is 24.0 Å². The normalized spacial score (nSPS) is 9.62. The minimum Gasteiger partial charge on any atom is -0.282 e. The summed E-state index contributed by atoms with van der Waals surface area (Å²) in [6, 6.07) is 10.0. The van der Waals surface area contributed by atoms with Crippen LogP contribution in [0.1, 0.15) is 12.0 Å². The maximum Gasteiger partial charge on any atom is 0.211 e. The Hall–Kier alpha value is -1.02. The minimum atomic E-state index is -0.212. The number of hydrogen-bond acceptors (Lipinski definition) is 1. The summed E-state index contributed by atoms with van der Waals surface area (Å²) in [4.78, 5) is 10.7. The Balaban J connectivity index is 2.44. The number of carbonyl (C=O) groups is 1. The number of benzene rings is 1. The highest BCUT2D eigenvalue weighted by molar-refractivity contribution is 7.97. The summed E-state index contributed by atoms with van der Waals surface area (Å²) in [7, 11) is 0. The molecule has 0 spiro atoms. The molecule has 0 radical (unpaired) electrons. The van der Waals surface area contributed by atoms with E-state index in [0.717, 1.165) is 6.42 Å². The van der Waals surface area contributed by atoms with Crippen molar-refractivity contribution in [3.8, 4) is 0 Å². The minimum absolute atomic E-state index is 0.212. The van der Waals surface area contributed by atoms with Crippen LogP contribution in [0.15, 0.2) is 42.5 Å². The number of rotatable bonds is 4. The summed E-state index contributed by atoms with van der Waals surface area (Å²) < 4.78 is 0. The molecule has 0 heterocycles. The van der Waals surface area contributed by atoms with Crippen molar-refractivity contribution in [3.63, 3.8) is 0 Å². The topological polar surface area (TPSA) is 17.1 Å². The van der Waals surface area contributed by atoms with E-state index in [9.17, 15) is 4.79 Å². The average Bonchev–Trinajstić information content (AvgIpc) is 2.15. The zero-order valence-corrected chi connectivity index (χ0v) is 8.26. The molecule has 68 valence electrons. The van der Waals surface area contributed by atoms with Crippen molar-refractivity contribution in [2.75, 3.05) is 0 Å². The second kappa shape index (κ2) is 4.87. The number of aryl methyl sites for hydroxylation is 1. The molecule has 0 saturated carbocycles. The first kappa shape index (κ1) is 10.1. The van der Waals surface area contributed by atoms with Gasteiger partial charge in [0.25, 0.3) is 0 Å². The lowest BCUT2D eigenvalue weighted by atomic mass is 10.1. The van der Waals surface area contributed by atoms with E-state index in [0.29, 0.717) is 12.0 Å². The van der Waals surface area contributed by atoms with Crippen LogP contribution >= 0.6 is 12.6 Å². The van der Waals surface area contributed by atoms with Crippen LogP contribution in [0.4, 0.5) is 0 Å². The van der Waals surface area contributed by atoms with E-state index in [1.54, 1.807) is 0 Å². The van der Waals surface area contributed by atoms with E-state index in [-0.39, 0.29) is 5.12 Å². The van der Waals surface area contributed by atoms with Gasteiger partial charge in [0.05, 0.1) is 0 Å². The Morgan fingerprint density at radius 3 is 2.46 bits per heavy atom. The summed E-state index contributed by atoms with van der Waals surface area (Å²) in [6.07, 6.45) is 1.54. The zero-order valence-electron chi connectivity index (χ0n) is 7.36. The molecule has 1 rings (SSSR count). The molecule has 0 aromatic heterocycles. The van der Waals surface area contributed by atoms with E-state index in [1.807, 2.05) is 30.3 Å². The quantitative estimate of drug-likeness (QED) is 0.573. The molecule has 0 unspecified atom stereocenters. The summed E-state index contributed by atoms with van der Waals surface area (Å²) >= 11 is 3.70. The molecular formula is C11H12OS. The molecule has 2 heteroatoms. The van der Waals surface area contributed by atoms with Gasteiger partial charge >= 0.3 is 0 Å². The van der Waals surface area contributed by atoms with Crippen molar-refractivity contribution < 1.29 is 4.79 Å². The first-order chi connectivity index (χ1) is 6.20. The van der Waals surface area contributed by atoms with Gasteiger partial charge in [0.2, 0.25) is 5.12 Å². The van der Waals surface area contributed by atoms with Crippen molar-refractivity contribution in [1.29, 1.82) is 0 Å². The van der Waals surface area contributed by atoms with E-state index >= 15 is 0 Å². The largest absolute Gasteiger partial charge is 0.282 e. The van der Waals surface area contributed by atoms with Crippen molar-refractivity contribution in [2.45, 2.75) is 12.8 Å². The molecule has 1 aromatic rings. The fourth-order valence-corrected chi connectivity index (χ4v) is 1.16. The molecular weight excluding hydrogens is 180 g/mol. The summed E-state index contributed by atoms with van der Waals surface area (Å²) in [5.74, 6) is 0. The Bertz CT molecular complexity index is 303. The van der Waals surface area contributed by atoms with Crippen LogP contribution < -0.4 is 0 Å². The van der Waals surface area contributed by atoms with Crippen molar-refractivity contribution in [1.82, 2.24) is 0 Å². The molecule has 0 bridgehead atoms. The molecule has 0 saturated heterocycles. The first-order valence-corrected chi connectivity index (χ1v) is 4.60. The van der Waals surface area contributed by atoms with E-state index in [4.69, 9.17) is 0 Å². The molecule has 0 atom stereocenters. The lowest BCUT2D eigenvalue weighted by Crippen LogP contribution is -1.94. The standard InChI is InChI=1S/C11H12OS/c1-9(11(12)13)7-8-10-5-3-2-4-6-10/h2-6H,1,7-8H2,(H,12,13). The maximum absolute atomic E-state index is 10.7. The Morgan fingerprint density at radius 1 is 1.31 bits per heavy atom. The monoisotopic (exact) mass is 192 g/mol. The van der Waals surface area contributed by atoms with Gasteiger partial charge < -0.3 is 0 Å². The molecule has 0 aliphatic heterocycles. The highest BCUT2D eigenvalue weighted by atomic mass is 32.1. The van der Waals surface area contributed by atoms with Crippen molar-refractivity contribution >= 4 is 17.7 Å². The summed E-state index contributed by atoms with van der Waals surface area (Å²) in [5, 5.41) is -0.212. The first-order valence-electron chi connectivity index (χ1n) is 4.15. The summed E-state index contributed by atoms with van der Waals surface area (Å²) in [6.45, 7) is 3.64. The second-order valence-corrected chi connectivity index (χ2v) is 3.30. The fraction of sp³-hybridized carbons (Fsp3) is 0.182. The van der Waals surface area contributed by atoms with E-state index in [1.165, 1.54) is 5.56 Å². The van der Waals surface area contributed by atoms with Gasteiger partial charge in [-0.25, -0.2) is 0 Å². The lowest BCUT2D eigenvalue weighted by Gasteiger charge is -2.00. The van der Waals surface area contributed by atoms with Gasteiger partial charge in [-0.1, -0.05) is 36.9 Å². The van der Waals surface area contributed by atoms with Gasteiger partial charge in [0, 0.05) is 0 Å². The van der Waals surface area contributed by atoms with Crippen LogP contribution in [0.25, 0.3) is 0 Å². The zero-order chi connectivity index (χ0) is 9.68. The van der Waals surface area contributed by atoms with Crippen LogP contribution in [-0.4, -0.2) is 5.12 Å². The molecule has 13 heavy (non-hydrogen) atoms. The molecule has 0 fully saturated rings. The van der Waals surface area contributed by atoms with Crippen molar-refractivity contribution in [2.24, 2.45) is 0 Å². The van der Waals surface area contributed by atoms with Crippen LogP contribution in [0.2, 0.25) is 0 Å². The van der Waals surface area contributed by atoms with E-state index < -0.39 is 0 Å². The third kappa shape index (κ3) is 3.47. The third-order valence-electron chi connectivity index (χ3n) is 1.86. The van der Waals surface area contributed by atoms with Crippen LogP contribution in [-0.2, 0) is 11.2 Å². The number of carbonyl (C=O) groups excluding carboxylic acids is 1. The molecule has 1 nitrogen and oxygen atoms in total. The van der Waals surface area contributed by atoms with Gasteiger partial charge in [-0.2, -0.15) is 0 Å². The SMILES string of the molecule is C=C(CCc1ccccc1)C(=O)S. The smallest absolute Gasteiger partial charge is 0.211 e. The average molecular weight is 192 g/mol. The Kier molecular flexibility index (Phi) is 3.77. The van der Waals surface area contributed by atoms with Crippen molar-refractivity contribution in [3.05, 3.63) is 48.0 Å². The van der Waals surface area contributed by atoms with Gasteiger partial charge in [0.1, 0.15) is 0 Å². The number of hydrogen-bond donors (Lipinski definition) is 1. The van der Waals surface area contributed by atoms with Gasteiger partial charge in [-0.3, -0.25) is 4.79 Å². The van der Waals surface area contributed by atoms with Crippen LogP contribution in [0.5, 0.6) is 0 Å². The predicted octanol–water partition coefficient (Wildman–Crippen LogP) is 2.63. The highest BCUT2D eigenvalue weighted by Crippen LogP contribution is 2.09. The molecule has 0 aliphatic rings. The summed E-state index contributed by atoms with van der Waals surface area (Å²) in [5.41, 5.74) is 1.80. The maximum atomic E-state index is 10.7. The predicted molar refractivity (Wildman–Crippen MR) is 57.9 cm³/mol. The molecule has 0 N–H and O–H groups in total. The molecule has 0 aliphatic carbocycles. The fourth-order valence-electron chi connectivity index (χ4n) is 1.05. The van der Waals surface area contributed by atoms with Crippen LogP contribution in [0, 0.1) is 0 Å². The lowest BCUT2D eigenvalue weighted by molar-refractivity contribution is -0.107. The Morgan fingerprint density at radius 2 is 1.92 bits per heavy atom. The Labute approximate surface area is 83.9 Å². The van der Waals surface area contributed by atoms with Gasteiger partial charge in [0.15, 0.2) is 0 Å². The highest BCUT2D eigenvalue weighted by Gasteiger charge is 2.01. The number of thiol groups is 1. The van der Waals surface area contributed by atoms with Gasteiger partial charge in [-0.15, -0.1) is 12.6 Å². The molecule has 1 aromatic carbocycles. The van der Waals surface area contributed by atoms with E-state index in [2.05, 4.69) is 19.2 Å². The third-order valence-corrected chi connectivity index (χ3v) is 2.18.